The second kappa shape index (κ2) is 13.2. The number of nitrogens with one attached hydrogen (secondary N) is 2. The molecule has 2 aliphatic rings. The number of hydrogen-bond donors (Lipinski definition) is 2. The second-order valence-corrected chi connectivity index (χ2v) is 7.80. The molecule has 0 saturated carbocycles. The topological polar surface area (TPSA) is 97.6 Å². The van der Waals surface area contributed by atoms with Crippen molar-refractivity contribution in [2.45, 2.75) is 51.2 Å². The molecular weight excluding hydrogens is 400 g/mol. The highest BCUT2D eigenvalue weighted by atomic mass is 16.6. The average molecular weight is 437 g/mol. The molecule has 174 valence electrons. The summed E-state index contributed by atoms with van der Waals surface area (Å²) in [6, 6.07) is 4.14. The quantitative estimate of drug-likeness (QED) is 0.330. The minimum absolute atomic E-state index is 0.223. The highest BCUT2D eigenvalue weighted by Gasteiger charge is 2.24. The Balaban J connectivity index is 1.42. The highest BCUT2D eigenvalue weighted by molar-refractivity contribution is 5.80. The number of furan rings is 1. The lowest BCUT2D eigenvalue weighted by Gasteiger charge is -2.32. The smallest absolute Gasteiger partial charge is 0.409 e. The number of carbonyl (C=O) groups excluding carboxylic acids is 1. The minimum Gasteiger partial charge on any atom is -0.469 e. The van der Waals surface area contributed by atoms with Crippen molar-refractivity contribution in [1.82, 2.24) is 15.5 Å². The van der Waals surface area contributed by atoms with Crippen molar-refractivity contribution in [2.24, 2.45) is 4.99 Å². The van der Waals surface area contributed by atoms with Crippen LogP contribution >= 0.6 is 0 Å². The molecule has 1 amide bonds. The molecule has 1 aromatic rings. The van der Waals surface area contributed by atoms with Crippen molar-refractivity contribution in [3.63, 3.8) is 0 Å². The molecule has 3 rings (SSSR count). The van der Waals surface area contributed by atoms with Gasteiger partial charge in [0.1, 0.15) is 5.76 Å². The summed E-state index contributed by atoms with van der Waals surface area (Å²) in [5.41, 5.74) is 0. The lowest BCUT2D eigenvalue weighted by atomic mass is 10.1. The first-order chi connectivity index (χ1) is 15.2. The van der Waals surface area contributed by atoms with Gasteiger partial charge in [-0.25, -0.2) is 4.79 Å². The van der Waals surface area contributed by atoms with Crippen LogP contribution in [-0.2, 0) is 20.6 Å². The van der Waals surface area contributed by atoms with Crippen molar-refractivity contribution in [2.75, 3.05) is 52.6 Å². The summed E-state index contributed by atoms with van der Waals surface area (Å²) in [4.78, 5) is 18.4. The number of aliphatic imine (C=N–C) groups is 1. The third kappa shape index (κ3) is 8.41. The molecule has 2 aliphatic heterocycles. The van der Waals surface area contributed by atoms with E-state index in [2.05, 4.69) is 10.6 Å². The van der Waals surface area contributed by atoms with Crippen LogP contribution in [0.15, 0.2) is 27.8 Å². The van der Waals surface area contributed by atoms with E-state index < -0.39 is 0 Å². The predicted octanol–water partition coefficient (Wildman–Crippen LogP) is 2.17. The van der Waals surface area contributed by atoms with Gasteiger partial charge in [0.2, 0.25) is 0 Å². The lowest BCUT2D eigenvalue weighted by molar-refractivity contribution is 0.0424. The molecule has 2 saturated heterocycles. The van der Waals surface area contributed by atoms with Crippen LogP contribution in [-0.4, -0.2) is 81.7 Å². The van der Waals surface area contributed by atoms with Gasteiger partial charge in [0.15, 0.2) is 5.96 Å². The molecule has 2 fully saturated rings. The van der Waals surface area contributed by atoms with Gasteiger partial charge in [0, 0.05) is 51.9 Å². The molecule has 0 spiro atoms. The number of ether oxygens (including phenoxy) is 3. The third-order valence-electron chi connectivity index (χ3n) is 5.42. The summed E-state index contributed by atoms with van der Waals surface area (Å²) in [6.45, 7) is 7.22. The Hall–Kier alpha value is -2.26. The summed E-state index contributed by atoms with van der Waals surface area (Å²) >= 11 is 0. The fourth-order valence-electron chi connectivity index (χ4n) is 3.68. The minimum atomic E-state index is -0.223. The molecule has 1 atom stereocenters. The van der Waals surface area contributed by atoms with Crippen molar-refractivity contribution in [3.05, 3.63) is 24.2 Å². The Labute approximate surface area is 184 Å². The van der Waals surface area contributed by atoms with E-state index in [0.29, 0.717) is 39.5 Å². The van der Waals surface area contributed by atoms with Crippen LogP contribution in [0.3, 0.4) is 0 Å². The number of likely N-dealkylation sites (tertiary alicyclic amines) is 1. The SMILES string of the molecule is CCOC(=O)N1CCC(NC(=NCCCOC2CCOC2)NCCc2ccco2)CC1. The maximum absolute atomic E-state index is 11.9. The highest BCUT2D eigenvalue weighted by Crippen LogP contribution is 2.12. The Morgan fingerprint density at radius 3 is 2.90 bits per heavy atom. The standard InChI is InChI=1S/C22H36N4O5/c1-2-29-22(27)26-12-7-18(8-13-26)25-21(24-11-6-19-5-3-14-30-19)23-10-4-15-31-20-9-16-28-17-20/h3,5,14,18,20H,2,4,6-13,15-17H2,1H3,(H2,23,24,25). The van der Waals surface area contributed by atoms with Crippen molar-refractivity contribution in [1.29, 1.82) is 0 Å². The van der Waals surface area contributed by atoms with Crippen LogP contribution in [0.4, 0.5) is 4.79 Å². The molecule has 1 aromatic heterocycles. The fourth-order valence-corrected chi connectivity index (χ4v) is 3.68. The zero-order chi connectivity index (χ0) is 21.7. The molecule has 3 heterocycles. The molecule has 2 N–H and O–H groups in total. The summed E-state index contributed by atoms with van der Waals surface area (Å²) in [5, 5.41) is 6.93. The van der Waals surface area contributed by atoms with Crippen LogP contribution in [0.2, 0.25) is 0 Å². The molecule has 1 unspecified atom stereocenters. The summed E-state index contributed by atoms with van der Waals surface area (Å²) in [6.07, 6.45) is 6.06. The van der Waals surface area contributed by atoms with Gasteiger partial charge >= 0.3 is 6.09 Å². The number of carbonyl (C=O) groups is 1. The summed E-state index contributed by atoms with van der Waals surface area (Å²) in [7, 11) is 0. The number of rotatable bonds is 10. The lowest BCUT2D eigenvalue weighted by Crippen LogP contribution is -2.50. The summed E-state index contributed by atoms with van der Waals surface area (Å²) < 4.78 is 21.7. The molecular formula is C22H36N4O5. The van der Waals surface area contributed by atoms with E-state index in [-0.39, 0.29) is 18.2 Å². The van der Waals surface area contributed by atoms with E-state index in [4.69, 9.17) is 23.6 Å². The number of nitrogens with zero attached hydrogens (tertiary/aromatic N) is 2. The van der Waals surface area contributed by atoms with Crippen LogP contribution in [0, 0.1) is 0 Å². The fraction of sp³-hybridized carbons (Fsp3) is 0.727. The molecule has 0 aromatic carbocycles. The van der Waals surface area contributed by atoms with Crippen LogP contribution in [0.25, 0.3) is 0 Å². The van der Waals surface area contributed by atoms with Crippen LogP contribution < -0.4 is 10.6 Å². The van der Waals surface area contributed by atoms with Crippen LogP contribution in [0.1, 0.15) is 38.4 Å². The van der Waals surface area contributed by atoms with Crippen LogP contribution in [0.5, 0.6) is 0 Å². The van der Waals surface area contributed by atoms with Gasteiger partial charge < -0.3 is 34.2 Å². The Bertz CT molecular complexity index is 653. The van der Waals surface area contributed by atoms with E-state index in [1.54, 1.807) is 11.2 Å². The average Bonchev–Trinajstić information content (AvgIpc) is 3.48. The number of hydrogen-bond acceptors (Lipinski definition) is 6. The van der Waals surface area contributed by atoms with E-state index in [1.807, 2.05) is 19.1 Å². The van der Waals surface area contributed by atoms with Gasteiger partial charge in [-0.05, 0) is 44.7 Å². The van der Waals surface area contributed by atoms with Gasteiger partial charge in [0.25, 0.3) is 0 Å². The summed E-state index contributed by atoms with van der Waals surface area (Å²) in [5.74, 6) is 1.74. The Kier molecular flexibility index (Phi) is 9.98. The normalized spacial score (nSPS) is 20.1. The monoisotopic (exact) mass is 436 g/mol. The molecule has 0 radical (unpaired) electrons. The number of guanidine groups is 1. The molecule has 9 heteroatoms. The molecule has 0 bridgehead atoms. The molecule has 31 heavy (non-hydrogen) atoms. The number of amides is 1. The van der Waals surface area contributed by atoms with Gasteiger partial charge in [-0.3, -0.25) is 4.99 Å². The zero-order valence-electron chi connectivity index (χ0n) is 18.5. The maximum atomic E-state index is 11.9. The largest absolute Gasteiger partial charge is 0.469 e. The predicted molar refractivity (Wildman–Crippen MR) is 117 cm³/mol. The second-order valence-electron chi connectivity index (χ2n) is 7.80. The molecule has 9 nitrogen and oxygen atoms in total. The van der Waals surface area contributed by atoms with Gasteiger partial charge in [0.05, 0.1) is 25.6 Å². The van der Waals surface area contributed by atoms with Gasteiger partial charge in [-0.15, -0.1) is 0 Å². The van der Waals surface area contributed by atoms with E-state index in [1.165, 1.54) is 0 Å². The van der Waals surface area contributed by atoms with E-state index >= 15 is 0 Å². The third-order valence-corrected chi connectivity index (χ3v) is 5.42. The first-order valence-electron chi connectivity index (χ1n) is 11.4. The number of piperidine rings is 1. The Morgan fingerprint density at radius 2 is 2.19 bits per heavy atom. The Morgan fingerprint density at radius 1 is 1.32 bits per heavy atom. The van der Waals surface area contributed by atoms with E-state index in [9.17, 15) is 4.79 Å². The first-order valence-corrected chi connectivity index (χ1v) is 11.4. The molecule has 0 aliphatic carbocycles. The van der Waals surface area contributed by atoms with Gasteiger partial charge in [-0.2, -0.15) is 0 Å². The zero-order valence-corrected chi connectivity index (χ0v) is 18.5. The van der Waals surface area contributed by atoms with Crippen molar-refractivity contribution < 1.29 is 23.4 Å². The maximum Gasteiger partial charge on any atom is 0.409 e. The first kappa shape index (κ1) is 23.4. The van der Waals surface area contributed by atoms with Gasteiger partial charge in [-0.1, -0.05) is 0 Å². The van der Waals surface area contributed by atoms with E-state index in [0.717, 1.165) is 57.0 Å². The van der Waals surface area contributed by atoms with Crippen molar-refractivity contribution >= 4 is 12.1 Å². The van der Waals surface area contributed by atoms with Crippen molar-refractivity contribution in [3.8, 4) is 0 Å².